The predicted molar refractivity (Wildman–Crippen MR) is 65.5 cm³/mol. The molecule has 0 bridgehead atoms. The third kappa shape index (κ3) is 11.7. The quantitative estimate of drug-likeness (QED) is 0.491. The van der Waals surface area contributed by atoms with Crippen LogP contribution in [0.1, 0.15) is 5.56 Å². The monoisotopic (exact) mass is 296 g/mol. The summed E-state index contributed by atoms with van der Waals surface area (Å²) in [6.45, 7) is 3.66. The van der Waals surface area contributed by atoms with Gasteiger partial charge in [-0.1, -0.05) is 36.4 Å². The van der Waals surface area contributed by atoms with Gasteiger partial charge in [0.05, 0.1) is 0 Å². The summed E-state index contributed by atoms with van der Waals surface area (Å²) in [6, 6.07) is 10.3. The lowest BCUT2D eigenvalue weighted by atomic mass is 10.2. The summed E-state index contributed by atoms with van der Waals surface area (Å²) in [5.41, 5.74) is 1.33. The van der Waals surface area contributed by atoms with Crippen LogP contribution in [0.4, 0.5) is 0 Å². The normalized spacial score (nSPS) is 11.3. The third-order valence-corrected chi connectivity index (χ3v) is 3.14. The van der Waals surface area contributed by atoms with Crippen molar-refractivity contribution in [3.63, 3.8) is 0 Å². The van der Waals surface area contributed by atoms with Gasteiger partial charge in [0.2, 0.25) is 0 Å². The van der Waals surface area contributed by atoms with Crippen LogP contribution >= 0.6 is 15.6 Å². The highest BCUT2D eigenvalue weighted by molar-refractivity contribution is 7.60. The van der Waals surface area contributed by atoms with Crippen LogP contribution in [0.2, 0.25) is 0 Å². The van der Waals surface area contributed by atoms with Crippen LogP contribution in [-0.4, -0.2) is 19.6 Å². The van der Waals surface area contributed by atoms with Crippen molar-refractivity contribution >= 4 is 15.6 Å². The van der Waals surface area contributed by atoms with Crippen LogP contribution in [0.5, 0.6) is 0 Å². The highest BCUT2D eigenvalue weighted by atomic mass is 31.3. The molecule has 7 nitrogen and oxygen atoms in total. The van der Waals surface area contributed by atoms with Gasteiger partial charge in [0.25, 0.3) is 0 Å². The molecule has 9 heteroatoms. The maximum atomic E-state index is 9.63. The van der Waals surface area contributed by atoms with Crippen molar-refractivity contribution in [2.75, 3.05) is 0 Å². The third-order valence-electron chi connectivity index (χ3n) is 1.44. The number of allylic oxidation sites excluding steroid dienone is 1. The van der Waals surface area contributed by atoms with E-state index in [1.54, 1.807) is 0 Å². The molecule has 1 aromatic carbocycles. The average Bonchev–Trinajstić information content (AvgIpc) is 2.15. The second-order valence-corrected chi connectivity index (χ2v) is 5.66. The maximum Gasteiger partial charge on any atom is 0.478 e. The zero-order chi connectivity index (χ0) is 14.2. The second kappa shape index (κ2) is 7.61. The van der Waals surface area contributed by atoms with Crippen molar-refractivity contribution in [2.45, 2.75) is 6.42 Å². The first-order valence-electron chi connectivity index (χ1n) is 4.61. The number of phosphoric acid groups is 2. The Morgan fingerprint density at radius 3 is 1.78 bits per heavy atom. The van der Waals surface area contributed by atoms with E-state index >= 15 is 0 Å². The molecule has 4 N–H and O–H groups in total. The summed E-state index contributed by atoms with van der Waals surface area (Å²) in [4.78, 5) is 31.0. The Kier molecular flexibility index (Phi) is 7.28. The van der Waals surface area contributed by atoms with E-state index in [0.29, 0.717) is 0 Å². The largest absolute Gasteiger partial charge is 0.478 e. The van der Waals surface area contributed by atoms with E-state index in [0.717, 1.165) is 6.42 Å². The molecule has 0 fully saturated rings. The van der Waals surface area contributed by atoms with E-state index in [1.165, 1.54) is 5.56 Å². The van der Waals surface area contributed by atoms with Crippen LogP contribution in [0.3, 0.4) is 0 Å². The van der Waals surface area contributed by atoms with Crippen molar-refractivity contribution < 1.29 is 33.0 Å². The maximum absolute atomic E-state index is 9.63. The van der Waals surface area contributed by atoms with Gasteiger partial charge >= 0.3 is 15.6 Å². The lowest BCUT2D eigenvalue weighted by molar-refractivity contribution is 0.225. The zero-order valence-corrected chi connectivity index (χ0v) is 11.1. The molecule has 102 valence electrons. The SMILES string of the molecule is C=CCc1ccccc1.O=P(O)(O)OP(=O)(O)O. The van der Waals surface area contributed by atoms with Gasteiger partial charge in [-0.25, -0.2) is 9.13 Å². The van der Waals surface area contributed by atoms with E-state index in [1.807, 2.05) is 24.3 Å². The minimum atomic E-state index is -5.05. The molecule has 0 aliphatic rings. The molecular formula is C9H14O7P2. The molecule has 0 aromatic heterocycles. The van der Waals surface area contributed by atoms with E-state index in [9.17, 15) is 9.13 Å². The zero-order valence-electron chi connectivity index (χ0n) is 9.29. The molecule has 0 saturated heterocycles. The summed E-state index contributed by atoms with van der Waals surface area (Å²) < 4.78 is 22.2. The minimum absolute atomic E-state index is 0.973. The second-order valence-electron chi connectivity index (χ2n) is 3.04. The molecule has 1 aromatic rings. The van der Waals surface area contributed by atoms with Crippen molar-refractivity contribution in [1.29, 1.82) is 0 Å². The Labute approximate surface area is 104 Å². The predicted octanol–water partition coefficient (Wildman–Crippen LogP) is 1.60. The van der Waals surface area contributed by atoms with Crippen molar-refractivity contribution in [2.24, 2.45) is 0 Å². The van der Waals surface area contributed by atoms with Gasteiger partial charge in [-0.15, -0.1) is 6.58 Å². The van der Waals surface area contributed by atoms with Gasteiger partial charge in [0, 0.05) is 0 Å². The molecular weight excluding hydrogens is 282 g/mol. The summed E-state index contributed by atoms with van der Waals surface area (Å²) in [7, 11) is -10.1. The van der Waals surface area contributed by atoms with Gasteiger partial charge < -0.3 is 19.6 Å². The van der Waals surface area contributed by atoms with E-state index in [2.05, 4.69) is 23.0 Å². The van der Waals surface area contributed by atoms with Crippen molar-refractivity contribution in [3.05, 3.63) is 48.6 Å². The number of hydrogen-bond donors (Lipinski definition) is 4. The Morgan fingerprint density at radius 1 is 1.06 bits per heavy atom. The van der Waals surface area contributed by atoms with Crippen LogP contribution in [0.25, 0.3) is 0 Å². The minimum Gasteiger partial charge on any atom is -0.302 e. The number of rotatable bonds is 4. The first-order chi connectivity index (χ1) is 8.14. The summed E-state index contributed by atoms with van der Waals surface area (Å²) >= 11 is 0. The van der Waals surface area contributed by atoms with Gasteiger partial charge in [-0.2, -0.15) is 4.31 Å². The lowest BCUT2D eigenvalue weighted by Gasteiger charge is -2.03. The van der Waals surface area contributed by atoms with E-state index in [4.69, 9.17) is 19.6 Å². The number of hydrogen-bond acceptors (Lipinski definition) is 3. The van der Waals surface area contributed by atoms with E-state index in [-0.39, 0.29) is 0 Å². The van der Waals surface area contributed by atoms with Crippen LogP contribution in [0, 0.1) is 0 Å². The molecule has 1 rings (SSSR count). The van der Waals surface area contributed by atoms with Gasteiger partial charge in [0.15, 0.2) is 0 Å². The Balaban J connectivity index is 0.000000321. The Bertz CT molecular complexity index is 427. The molecule has 0 aliphatic heterocycles. The molecule has 0 amide bonds. The van der Waals surface area contributed by atoms with Gasteiger partial charge in [-0.05, 0) is 12.0 Å². The molecule has 0 spiro atoms. The van der Waals surface area contributed by atoms with Crippen molar-refractivity contribution in [3.8, 4) is 0 Å². The highest BCUT2D eigenvalue weighted by Gasteiger charge is 2.27. The van der Waals surface area contributed by atoms with E-state index < -0.39 is 15.6 Å². The Hall–Kier alpha value is -0.780. The molecule has 0 atom stereocenters. The van der Waals surface area contributed by atoms with Gasteiger partial charge in [0.1, 0.15) is 0 Å². The topological polar surface area (TPSA) is 124 Å². The average molecular weight is 296 g/mol. The molecule has 18 heavy (non-hydrogen) atoms. The van der Waals surface area contributed by atoms with Crippen LogP contribution in [-0.2, 0) is 19.9 Å². The molecule has 0 radical (unpaired) electrons. The fourth-order valence-corrected chi connectivity index (χ4v) is 2.03. The highest BCUT2D eigenvalue weighted by Crippen LogP contribution is 2.53. The van der Waals surface area contributed by atoms with Crippen LogP contribution < -0.4 is 0 Å². The van der Waals surface area contributed by atoms with Gasteiger partial charge in [-0.3, -0.25) is 0 Å². The summed E-state index contributed by atoms with van der Waals surface area (Å²) in [6.07, 6.45) is 2.89. The fourth-order valence-electron chi connectivity index (χ4n) is 0.919. The first kappa shape index (κ1) is 17.2. The molecule has 0 unspecified atom stereocenters. The fraction of sp³-hybridized carbons (Fsp3) is 0.111. The van der Waals surface area contributed by atoms with Crippen molar-refractivity contribution in [1.82, 2.24) is 0 Å². The smallest absolute Gasteiger partial charge is 0.302 e. The molecule has 0 aliphatic carbocycles. The van der Waals surface area contributed by atoms with Crippen LogP contribution in [0.15, 0.2) is 43.0 Å². The number of benzene rings is 1. The summed E-state index contributed by atoms with van der Waals surface area (Å²) in [5, 5.41) is 0. The first-order valence-corrected chi connectivity index (χ1v) is 7.67. The Morgan fingerprint density at radius 2 is 1.50 bits per heavy atom. The lowest BCUT2D eigenvalue weighted by Crippen LogP contribution is -1.84. The summed E-state index contributed by atoms with van der Waals surface area (Å²) in [5.74, 6) is 0. The molecule has 0 heterocycles. The molecule has 0 saturated carbocycles. The standard InChI is InChI=1S/C9H10.H4O7P2/c1-2-6-9-7-4-3-5-8-9;1-8(2,3)7-9(4,5)6/h2-5,7-8H,1,6H2;(H2,1,2,3)(H2,4,5,6).